The number of rotatable bonds is 8. The normalized spacial score (nSPS) is 15.6. The molecule has 1 N–H and O–H groups in total. The Hall–Kier alpha value is -2.48. The molecule has 0 fully saturated rings. The lowest BCUT2D eigenvalue weighted by atomic mass is 9.75. The van der Waals surface area contributed by atoms with Crippen LogP contribution in [0.15, 0.2) is 97.1 Å². The third-order valence-corrected chi connectivity index (χ3v) is 7.95. The average molecular weight is 517 g/mol. The second-order valence-corrected chi connectivity index (χ2v) is 11.3. The highest BCUT2D eigenvalue weighted by Gasteiger charge is 2.38. The van der Waals surface area contributed by atoms with Crippen LogP contribution in [-0.2, 0) is 10.1 Å². The van der Waals surface area contributed by atoms with Gasteiger partial charge in [0.25, 0.3) is 7.73 Å². The summed E-state index contributed by atoms with van der Waals surface area (Å²) in [5.74, 6) is 0.259. The van der Waals surface area contributed by atoms with Crippen LogP contribution in [-0.4, -0.2) is 4.89 Å². The molecule has 0 amide bonds. The molecule has 4 aromatic carbocycles. The number of halogens is 1. The van der Waals surface area contributed by atoms with Gasteiger partial charge < -0.3 is 9.42 Å². The molecular weight excluding hydrogens is 483 g/mol. The van der Waals surface area contributed by atoms with Crippen molar-refractivity contribution in [1.82, 2.24) is 0 Å². The van der Waals surface area contributed by atoms with E-state index in [1.807, 2.05) is 19.1 Å². The van der Waals surface area contributed by atoms with Crippen molar-refractivity contribution in [3.8, 4) is 0 Å². The summed E-state index contributed by atoms with van der Waals surface area (Å²) >= 11 is 6.22. The Morgan fingerprint density at radius 3 is 1.44 bits per heavy atom. The molecule has 2 nitrogen and oxygen atoms in total. The Kier molecular flexibility index (Phi) is 8.33. The highest BCUT2D eigenvalue weighted by Crippen LogP contribution is 2.52. The van der Waals surface area contributed by atoms with E-state index in [4.69, 9.17) is 15.8 Å². The van der Waals surface area contributed by atoms with Crippen LogP contribution in [0, 0.1) is 13.8 Å². The van der Waals surface area contributed by atoms with Gasteiger partial charge in [0.1, 0.15) is 5.60 Å². The van der Waals surface area contributed by atoms with Crippen LogP contribution >= 0.6 is 19.0 Å². The van der Waals surface area contributed by atoms with Gasteiger partial charge in [0.15, 0.2) is 0 Å². The molecule has 4 rings (SSSR count). The molecule has 0 aromatic heterocycles. The average Bonchev–Trinajstić information content (AvgIpc) is 2.88. The minimum Gasteiger partial charge on any atom is -0.338 e. The fourth-order valence-corrected chi connectivity index (χ4v) is 6.10. The van der Waals surface area contributed by atoms with Gasteiger partial charge in [0.05, 0.1) is 0 Å². The Labute approximate surface area is 221 Å². The summed E-state index contributed by atoms with van der Waals surface area (Å²) in [6, 6.07) is 34.0. The molecule has 0 aliphatic rings. The van der Waals surface area contributed by atoms with Crippen molar-refractivity contribution in [2.45, 2.75) is 52.1 Å². The van der Waals surface area contributed by atoms with E-state index in [1.54, 1.807) is 0 Å². The first-order chi connectivity index (χ1) is 17.2. The molecule has 0 aliphatic carbocycles. The number of hydrogen-bond acceptors (Lipinski definition) is 2. The van der Waals surface area contributed by atoms with Crippen molar-refractivity contribution in [1.29, 1.82) is 0 Å². The van der Waals surface area contributed by atoms with E-state index in [2.05, 4.69) is 113 Å². The van der Waals surface area contributed by atoms with Crippen LogP contribution < -0.4 is 0 Å². The Balaban J connectivity index is 1.95. The van der Waals surface area contributed by atoms with Gasteiger partial charge in [-0.25, -0.2) is 0 Å². The molecular formula is C32H34ClO2P. The summed E-state index contributed by atoms with van der Waals surface area (Å²) in [6.45, 7) is 10.7. The molecule has 0 saturated carbocycles. The zero-order chi connectivity index (χ0) is 25.9. The second kappa shape index (κ2) is 11.3. The Morgan fingerprint density at radius 2 is 1.08 bits per heavy atom. The highest BCUT2D eigenvalue weighted by molar-refractivity contribution is 7.75. The second-order valence-electron chi connectivity index (χ2n) is 9.80. The quantitative estimate of drug-likeness (QED) is 0.236. The van der Waals surface area contributed by atoms with Gasteiger partial charge in [-0.2, -0.15) is 0 Å². The van der Waals surface area contributed by atoms with Crippen molar-refractivity contribution >= 4 is 19.0 Å². The first-order valence-electron chi connectivity index (χ1n) is 12.4. The maximum absolute atomic E-state index is 10.4. The van der Waals surface area contributed by atoms with Crippen molar-refractivity contribution in [2.75, 3.05) is 0 Å². The smallest absolute Gasteiger partial charge is 0.275 e. The molecule has 0 radical (unpaired) electrons. The molecule has 4 heteroatoms. The largest absolute Gasteiger partial charge is 0.338 e. The molecule has 0 spiro atoms. The molecule has 4 aromatic rings. The van der Waals surface area contributed by atoms with Gasteiger partial charge >= 0.3 is 0 Å². The first kappa shape index (κ1) is 26.6. The van der Waals surface area contributed by atoms with Crippen molar-refractivity contribution in [2.24, 2.45) is 0 Å². The third kappa shape index (κ3) is 5.58. The van der Waals surface area contributed by atoms with E-state index < -0.39 is 13.3 Å². The van der Waals surface area contributed by atoms with Crippen LogP contribution in [0.1, 0.15) is 77.1 Å². The minimum atomic E-state index is -2.15. The van der Waals surface area contributed by atoms with E-state index in [0.29, 0.717) is 0 Å². The molecule has 3 atom stereocenters. The zero-order valence-electron chi connectivity index (χ0n) is 21.6. The van der Waals surface area contributed by atoms with E-state index in [9.17, 15) is 4.89 Å². The van der Waals surface area contributed by atoms with Gasteiger partial charge in [-0.3, -0.25) is 0 Å². The van der Waals surface area contributed by atoms with Crippen LogP contribution in [0.3, 0.4) is 0 Å². The molecule has 0 saturated heterocycles. The van der Waals surface area contributed by atoms with Gasteiger partial charge in [-0.05, 0) is 65.4 Å². The number of aryl methyl sites for hydroxylation is 2. The predicted molar refractivity (Wildman–Crippen MR) is 153 cm³/mol. The van der Waals surface area contributed by atoms with E-state index in [1.165, 1.54) is 22.3 Å². The Bertz CT molecular complexity index is 1210. The molecule has 186 valence electrons. The van der Waals surface area contributed by atoms with Crippen molar-refractivity contribution in [3.63, 3.8) is 0 Å². The maximum Gasteiger partial charge on any atom is 0.275 e. The SMILES string of the molecule is Cc1ccc(C(C)(OP(O)Cl)c2ccc(C)cc2C(C)c2ccccc2)c(C(C)c2ccccc2)c1. The molecule has 36 heavy (non-hydrogen) atoms. The monoisotopic (exact) mass is 516 g/mol. The van der Waals surface area contributed by atoms with Crippen molar-refractivity contribution in [3.05, 3.63) is 142 Å². The summed E-state index contributed by atoms with van der Waals surface area (Å²) in [5, 5.41) is 0. The summed E-state index contributed by atoms with van der Waals surface area (Å²) in [7, 11) is -2.15. The van der Waals surface area contributed by atoms with E-state index in [-0.39, 0.29) is 11.8 Å². The number of hydrogen-bond donors (Lipinski definition) is 1. The summed E-state index contributed by atoms with van der Waals surface area (Å²) < 4.78 is 6.33. The minimum absolute atomic E-state index is 0.129. The summed E-state index contributed by atoms with van der Waals surface area (Å²) in [4.78, 5) is 10.4. The molecule has 0 aliphatic heterocycles. The fraction of sp³-hybridized carbons (Fsp3) is 0.250. The van der Waals surface area contributed by atoms with Crippen LogP contribution in [0.25, 0.3) is 0 Å². The summed E-state index contributed by atoms with van der Waals surface area (Å²) in [5.41, 5.74) is 8.20. The summed E-state index contributed by atoms with van der Waals surface area (Å²) in [6.07, 6.45) is 0. The topological polar surface area (TPSA) is 29.5 Å². The molecule has 0 heterocycles. The first-order valence-corrected chi connectivity index (χ1v) is 14.5. The lowest BCUT2D eigenvalue weighted by molar-refractivity contribution is 0.137. The van der Waals surface area contributed by atoms with Crippen molar-refractivity contribution < 1.29 is 9.42 Å². The molecule has 3 unspecified atom stereocenters. The van der Waals surface area contributed by atoms with Crippen LogP contribution in [0.2, 0.25) is 0 Å². The van der Waals surface area contributed by atoms with E-state index >= 15 is 0 Å². The van der Waals surface area contributed by atoms with Gasteiger partial charge in [-0.15, -0.1) is 0 Å². The fourth-order valence-electron chi connectivity index (χ4n) is 5.19. The van der Waals surface area contributed by atoms with Gasteiger partial charge in [-0.1, -0.05) is 122 Å². The maximum atomic E-state index is 10.4. The Morgan fingerprint density at radius 1 is 0.694 bits per heavy atom. The zero-order valence-corrected chi connectivity index (χ0v) is 23.2. The number of benzene rings is 4. The van der Waals surface area contributed by atoms with Gasteiger partial charge in [0.2, 0.25) is 0 Å². The van der Waals surface area contributed by atoms with E-state index in [0.717, 1.165) is 22.3 Å². The van der Waals surface area contributed by atoms with Crippen LogP contribution in [0.5, 0.6) is 0 Å². The standard InChI is InChI=1S/C32H34ClO2P/c1-22-16-18-30(28(20-22)24(3)26-12-8-6-9-13-26)32(5,35-36(33)34)31-19-17-23(2)21-29(31)25(4)27-14-10-7-11-15-27/h6-21,24-25,34H,1-5H3. The van der Waals surface area contributed by atoms with Gasteiger partial charge in [0, 0.05) is 11.8 Å². The third-order valence-electron chi connectivity index (χ3n) is 7.23. The van der Waals surface area contributed by atoms with Crippen LogP contribution in [0.4, 0.5) is 0 Å². The lowest BCUT2D eigenvalue weighted by Crippen LogP contribution is -2.29. The predicted octanol–water partition coefficient (Wildman–Crippen LogP) is 9.35. The highest BCUT2D eigenvalue weighted by atomic mass is 35.7. The lowest BCUT2D eigenvalue weighted by Gasteiger charge is -2.37. The molecule has 0 bridgehead atoms.